The molecule has 4 heteroatoms. The summed E-state index contributed by atoms with van der Waals surface area (Å²) in [6.07, 6.45) is 3.85. The van der Waals surface area contributed by atoms with Gasteiger partial charge in [-0.2, -0.15) is 10.5 Å². The molecule has 1 aromatic carbocycles. The Morgan fingerprint density at radius 3 is 2.74 bits per heavy atom. The van der Waals surface area contributed by atoms with Gasteiger partial charge in [0, 0.05) is 6.61 Å². The predicted octanol–water partition coefficient (Wildman–Crippen LogP) is 3.18. The number of hydrogen-bond acceptors (Lipinski definition) is 3. The van der Waals surface area contributed by atoms with Crippen LogP contribution >= 0.6 is 0 Å². The molecule has 19 heavy (non-hydrogen) atoms. The minimum atomic E-state index is -0.349. The number of nitrogens with zero attached hydrogens (tertiary/aromatic N) is 2. The number of hydrogen-bond donors (Lipinski definition) is 0. The minimum absolute atomic E-state index is 0.00458. The molecule has 0 heterocycles. The quantitative estimate of drug-likeness (QED) is 0.760. The highest BCUT2D eigenvalue weighted by Gasteiger charge is 2.21. The van der Waals surface area contributed by atoms with E-state index in [1.807, 2.05) is 0 Å². The summed E-state index contributed by atoms with van der Waals surface area (Å²) < 4.78 is 18.8. The summed E-state index contributed by atoms with van der Waals surface area (Å²) in [6.45, 7) is 0.979. The van der Waals surface area contributed by atoms with Crippen LogP contribution in [0.3, 0.4) is 0 Å². The summed E-state index contributed by atoms with van der Waals surface area (Å²) in [6, 6.07) is 7.83. The van der Waals surface area contributed by atoms with Gasteiger partial charge in [-0.1, -0.05) is 6.07 Å². The van der Waals surface area contributed by atoms with E-state index < -0.39 is 0 Å². The molecule has 0 bridgehead atoms. The average molecular weight is 256 g/mol. The van der Waals surface area contributed by atoms with Crippen molar-refractivity contribution in [3.05, 3.63) is 40.7 Å². The van der Waals surface area contributed by atoms with E-state index in [0.29, 0.717) is 30.3 Å². The van der Waals surface area contributed by atoms with Crippen molar-refractivity contribution in [2.24, 2.45) is 5.92 Å². The SMILES string of the molecule is N#CC(C#N)=Cc1ccc(F)cc1COCC1CC1. The Balaban J connectivity index is 2.14. The lowest BCUT2D eigenvalue weighted by Crippen LogP contribution is -1.99. The molecule has 1 aliphatic carbocycles. The van der Waals surface area contributed by atoms with Crippen LogP contribution < -0.4 is 0 Å². The van der Waals surface area contributed by atoms with Gasteiger partial charge in [0.05, 0.1) is 6.61 Å². The van der Waals surface area contributed by atoms with Gasteiger partial charge in [0.1, 0.15) is 23.5 Å². The zero-order chi connectivity index (χ0) is 13.7. The zero-order valence-electron chi connectivity index (χ0n) is 10.4. The number of benzene rings is 1. The average Bonchev–Trinajstić information content (AvgIpc) is 3.22. The molecule has 0 spiro atoms. The molecule has 0 aromatic heterocycles. The Morgan fingerprint density at radius 2 is 2.11 bits per heavy atom. The van der Waals surface area contributed by atoms with Crippen molar-refractivity contribution >= 4 is 6.08 Å². The van der Waals surface area contributed by atoms with Crippen LogP contribution in [-0.2, 0) is 11.3 Å². The zero-order valence-corrected chi connectivity index (χ0v) is 10.4. The first kappa shape index (κ1) is 13.3. The van der Waals surface area contributed by atoms with E-state index in [4.69, 9.17) is 15.3 Å². The maximum atomic E-state index is 13.2. The molecule has 3 nitrogen and oxygen atoms in total. The van der Waals surface area contributed by atoms with Gasteiger partial charge in [-0.15, -0.1) is 0 Å². The number of allylic oxidation sites excluding steroid dienone is 1. The molecular formula is C15H13FN2O. The summed E-state index contributed by atoms with van der Waals surface area (Å²) in [7, 11) is 0. The number of nitriles is 2. The van der Waals surface area contributed by atoms with Crippen molar-refractivity contribution in [2.75, 3.05) is 6.61 Å². The molecular weight excluding hydrogens is 243 g/mol. The molecule has 0 N–H and O–H groups in total. The summed E-state index contributed by atoms with van der Waals surface area (Å²) in [5.74, 6) is 0.291. The smallest absolute Gasteiger partial charge is 0.130 e. The standard InChI is InChI=1S/C15H13FN2O/c16-15-4-3-13(5-12(7-17)8-18)14(6-15)10-19-9-11-1-2-11/h3-6,11H,1-2,9-10H2. The maximum absolute atomic E-state index is 13.2. The van der Waals surface area contributed by atoms with Crippen LogP contribution in [0.4, 0.5) is 4.39 Å². The maximum Gasteiger partial charge on any atom is 0.130 e. The van der Waals surface area contributed by atoms with E-state index in [0.717, 1.165) is 0 Å². The molecule has 1 saturated carbocycles. The van der Waals surface area contributed by atoms with E-state index in [1.165, 1.54) is 31.1 Å². The van der Waals surface area contributed by atoms with Gasteiger partial charge in [0.25, 0.3) is 0 Å². The molecule has 0 aliphatic heterocycles. The molecule has 0 unspecified atom stereocenters. The van der Waals surface area contributed by atoms with Crippen LogP contribution in [-0.4, -0.2) is 6.61 Å². The van der Waals surface area contributed by atoms with Crippen LogP contribution in [0, 0.1) is 34.4 Å². The molecule has 0 amide bonds. The lowest BCUT2D eigenvalue weighted by molar-refractivity contribution is 0.111. The monoisotopic (exact) mass is 256 g/mol. The lowest BCUT2D eigenvalue weighted by Gasteiger charge is -2.07. The summed E-state index contributed by atoms with van der Waals surface area (Å²) in [5.41, 5.74) is 1.30. The van der Waals surface area contributed by atoms with Gasteiger partial charge in [-0.05, 0) is 48.1 Å². The third kappa shape index (κ3) is 3.91. The van der Waals surface area contributed by atoms with E-state index in [1.54, 1.807) is 18.2 Å². The second-order valence-electron chi connectivity index (χ2n) is 4.58. The van der Waals surface area contributed by atoms with Crippen LogP contribution in [0.5, 0.6) is 0 Å². The fourth-order valence-electron chi connectivity index (χ4n) is 1.71. The fourth-order valence-corrected chi connectivity index (χ4v) is 1.71. The Kier molecular flexibility index (Phi) is 4.28. The highest BCUT2D eigenvalue weighted by atomic mass is 19.1. The van der Waals surface area contributed by atoms with Crippen molar-refractivity contribution < 1.29 is 9.13 Å². The Labute approximate surface area is 111 Å². The van der Waals surface area contributed by atoms with Crippen LogP contribution in [0.15, 0.2) is 23.8 Å². The van der Waals surface area contributed by atoms with Gasteiger partial charge in [0.15, 0.2) is 0 Å². The largest absolute Gasteiger partial charge is 0.376 e. The van der Waals surface area contributed by atoms with Crippen LogP contribution in [0.1, 0.15) is 24.0 Å². The summed E-state index contributed by atoms with van der Waals surface area (Å²) >= 11 is 0. The van der Waals surface area contributed by atoms with Crippen molar-refractivity contribution in [3.8, 4) is 12.1 Å². The highest BCUT2D eigenvalue weighted by Crippen LogP contribution is 2.29. The van der Waals surface area contributed by atoms with Gasteiger partial charge >= 0.3 is 0 Å². The van der Waals surface area contributed by atoms with Gasteiger partial charge in [0.2, 0.25) is 0 Å². The molecule has 1 fully saturated rings. The number of halogens is 1. The lowest BCUT2D eigenvalue weighted by atomic mass is 10.1. The fraction of sp³-hybridized carbons (Fsp3) is 0.333. The van der Waals surface area contributed by atoms with Gasteiger partial charge in [-0.25, -0.2) is 4.39 Å². The number of ether oxygens (including phenoxy) is 1. The molecule has 2 rings (SSSR count). The Hall–Kier alpha value is -2.17. The first-order valence-corrected chi connectivity index (χ1v) is 6.11. The summed E-state index contributed by atoms with van der Waals surface area (Å²) in [4.78, 5) is 0. The Bertz CT molecular complexity index is 561. The summed E-state index contributed by atoms with van der Waals surface area (Å²) in [5, 5.41) is 17.5. The molecule has 1 aliphatic rings. The van der Waals surface area contributed by atoms with Gasteiger partial charge in [-0.3, -0.25) is 0 Å². The first-order chi connectivity index (χ1) is 9.22. The van der Waals surface area contributed by atoms with Gasteiger partial charge < -0.3 is 4.74 Å². The van der Waals surface area contributed by atoms with Crippen LogP contribution in [0.2, 0.25) is 0 Å². The van der Waals surface area contributed by atoms with E-state index in [2.05, 4.69) is 0 Å². The third-order valence-corrected chi connectivity index (χ3v) is 2.95. The predicted molar refractivity (Wildman–Crippen MR) is 68.0 cm³/mol. The normalized spacial score (nSPS) is 13.4. The highest BCUT2D eigenvalue weighted by molar-refractivity contribution is 5.64. The van der Waals surface area contributed by atoms with Crippen molar-refractivity contribution in [3.63, 3.8) is 0 Å². The Morgan fingerprint density at radius 1 is 1.37 bits per heavy atom. The molecule has 0 radical (unpaired) electrons. The van der Waals surface area contributed by atoms with E-state index in [9.17, 15) is 4.39 Å². The minimum Gasteiger partial charge on any atom is -0.376 e. The molecule has 0 saturated heterocycles. The molecule has 0 atom stereocenters. The second kappa shape index (κ2) is 6.13. The van der Waals surface area contributed by atoms with Crippen molar-refractivity contribution in [1.82, 2.24) is 0 Å². The van der Waals surface area contributed by atoms with E-state index in [-0.39, 0.29) is 11.4 Å². The van der Waals surface area contributed by atoms with Crippen molar-refractivity contribution in [2.45, 2.75) is 19.4 Å². The molecule has 1 aromatic rings. The topological polar surface area (TPSA) is 56.8 Å². The second-order valence-corrected chi connectivity index (χ2v) is 4.58. The third-order valence-electron chi connectivity index (χ3n) is 2.95. The number of rotatable bonds is 5. The first-order valence-electron chi connectivity index (χ1n) is 6.11. The van der Waals surface area contributed by atoms with Crippen molar-refractivity contribution in [1.29, 1.82) is 10.5 Å². The van der Waals surface area contributed by atoms with E-state index >= 15 is 0 Å². The van der Waals surface area contributed by atoms with Crippen LogP contribution in [0.25, 0.3) is 6.08 Å². The molecule has 96 valence electrons.